The quantitative estimate of drug-likeness (QED) is 0.483. The minimum atomic E-state index is -0.380. The third-order valence-corrected chi connectivity index (χ3v) is 6.21. The van der Waals surface area contributed by atoms with Gasteiger partial charge in [-0.05, 0) is 78.4 Å². The molecule has 1 saturated heterocycles. The molecule has 0 saturated carbocycles. The second-order valence-corrected chi connectivity index (χ2v) is 8.51. The first-order chi connectivity index (χ1) is 16.6. The van der Waals surface area contributed by atoms with Crippen LogP contribution < -0.4 is 16.0 Å². The number of primary amides is 1. The summed E-state index contributed by atoms with van der Waals surface area (Å²) in [5.41, 5.74) is 11.5. The molecule has 2 aliphatic rings. The molecule has 3 N–H and O–H groups in total. The van der Waals surface area contributed by atoms with Gasteiger partial charge in [0, 0.05) is 42.3 Å². The Balaban J connectivity index is 0.000000351. The number of anilines is 2. The SMILES string of the molecule is NC(=O)c1cccc2c1CCN2c1cc(Cc2ccc3occc3c2)ccn1.O=C1CCCN1. The second-order valence-electron chi connectivity index (χ2n) is 8.51. The molecule has 6 rings (SSSR count). The Morgan fingerprint density at radius 3 is 2.74 bits per heavy atom. The third-order valence-electron chi connectivity index (χ3n) is 6.21. The summed E-state index contributed by atoms with van der Waals surface area (Å²) in [5.74, 6) is 0.715. The molecule has 0 atom stereocenters. The second kappa shape index (κ2) is 9.39. The standard InChI is InChI=1S/C23H19N3O2.C4H7NO/c24-23(27)19-2-1-3-20-18(19)7-10-26(20)22-14-16(6-9-25-22)12-15-4-5-21-17(13-15)8-11-28-21;6-4-2-1-3-5-4/h1-6,8-9,11,13-14H,7,10,12H2,(H2,24,27);1-3H2,(H,5,6). The monoisotopic (exact) mass is 454 g/mol. The Labute approximate surface area is 197 Å². The number of nitrogens with two attached hydrogens (primary N) is 1. The lowest BCUT2D eigenvalue weighted by Crippen LogP contribution is -2.15. The van der Waals surface area contributed by atoms with Gasteiger partial charge in [-0.25, -0.2) is 4.98 Å². The average Bonchev–Trinajstić information content (AvgIpc) is 3.60. The van der Waals surface area contributed by atoms with Crippen molar-refractivity contribution in [2.75, 3.05) is 18.0 Å². The number of carbonyl (C=O) groups excluding carboxylic acids is 2. The fraction of sp³-hybridized carbons (Fsp3) is 0.222. The van der Waals surface area contributed by atoms with Gasteiger partial charge in [-0.2, -0.15) is 0 Å². The van der Waals surface area contributed by atoms with Gasteiger partial charge in [0.25, 0.3) is 0 Å². The number of aromatic nitrogens is 1. The van der Waals surface area contributed by atoms with Crippen molar-refractivity contribution in [3.63, 3.8) is 0 Å². The van der Waals surface area contributed by atoms with Crippen LogP contribution in [0.2, 0.25) is 0 Å². The van der Waals surface area contributed by atoms with Crippen molar-refractivity contribution in [1.82, 2.24) is 10.3 Å². The summed E-state index contributed by atoms with van der Waals surface area (Å²) in [5, 5.41) is 3.79. The van der Waals surface area contributed by atoms with Crippen molar-refractivity contribution in [1.29, 1.82) is 0 Å². The van der Waals surface area contributed by atoms with Crippen LogP contribution in [0.15, 0.2) is 71.5 Å². The molecule has 2 aliphatic heterocycles. The fourth-order valence-electron chi connectivity index (χ4n) is 4.55. The average molecular weight is 455 g/mol. The molecule has 1 fully saturated rings. The van der Waals surface area contributed by atoms with Gasteiger partial charge in [0.05, 0.1) is 6.26 Å². The van der Waals surface area contributed by atoms with E-state index in [0.717, 1.165) is 66.8 Å². The van der Waals surface area contributed by atoms with Crippen molar-refractivity contribution in [2.45, 2.75) is 25.7 Å². The zero-order valence-electron chi connectivity index (χ0n) is 18.8. The van der Waals surface area contributed by atoms with Crippen LogP contribution in [-0.4, -0.2) is 29.9 Å². The molecule has 0 bridgehead atoms. The lowest BCUT2D eigenvalue weighted by atomic mass is 10.0. The van der Waals surface area contributed by atoms with E-state index in [0.29, 0.717) is 5.56 Å². The maximum absolute atomic E-state index is 11.7. The lowest BCUT2D eigenvalue weighted by molar-refractivity contribution is -0.119. The number of benzene rings is 2. The minimum Gasteiger partial charge on any atom is -0.464 e. The van der Waals surface area contributed by atoms with Gasteiger partial charge in [-0.15, -0.1) is 0 Å². The smallest absolute Gasteiger partial charge is 0.249 e. The fourth-order valence-corrected chi connectivity index (χ4v) is 4.55. The van der Waals surface area contributed by atoms with E-state index in [1.54, 1.807) is 12.3 Å². The number of hydrogen-bond donors (Lipinski definition) is 2. The van der Waals surface area contributed by atoms with E-state index in [1.165, 1.54) is 11.1 Å². The number of rotatable bonds is 4. The van der Waals surface area contributed by atoms with Crippen LogP contribution in [0, 0.1) is 0 Å². The summed E-state index contributed by atoms with van der Waals surface area (Å²) >= 11 is 0. The Bertz CT molecular complexity index is 1350. The van der Waals surface area contributed by atoms with E-state index in [-0.39, 0.29) is 11.8 Å². The molecule has 0 aliphatic carbocycles. The molecule has 2 aromatic carbocycles. The first kappa shape index (κ1) is 21.7. The number of fused-ring (bicyclic) bond motifs is 2. The summed E-state index contributed by atoms with van der Waals surface area (Å²) in [7, 11) is 0. The van der Waals surface area contributed by atoms with Gasteiger partial charge < -0.3 is 20.4 Å². The Morgan fingerprint density at radius 1 is 1.09 bits per heavy atom. The van der Waals surface area contributed by atoms with Gasteiger partial charge in [0.15, 0.2) is 0 Å². The van der Waals surface area contributed by atoms with Crippen molar-refractivity contribution in [3.8, 4) is 0 Å². The van der Waals surface area contributed by atoms with Crippen LogP contribution >= 0.6 is 0 Å². The molecule has 2 aromatic heterocycles. The summed E-state index contributed by atoms with van der Waals surface area (Å²) in [6.07, 6.45) is 6.93. The topological polar surface area (TPSA) is 101 Å². The van der Waals surface area contributed by atoms with Crippen molar-refractivity contribution >= 4 is 34.3 Å². The molecule has 0 unspecified atom stereocenters. The molecular formula is C27H26N4O3. The minimum absolute atomic E-state index is 0.204. The molecule has 7 heteroatoms. The zero-order valence-corrected chi connectivity index (χ0v) is 18.8. The molecule has 7 nitrogen and oxygen atoms in total. The Morgan fingerprint density at radius 2 is 1.97 bits per heavy atom. The van der Waals surface area contributed by atoms with Crippen molar-refractivity contribution < 1.29 is 14.0 Å². The van der Waals surface area contributed by atoms with E-state index in [4.69, 9.17) is 10.2 Å². The van der Waals surface area contributed by atoms with E-state index >= 15 is 0 Å². The summed E-state index contributed by atoms with van der Waals surface area (Å²) < 4.78 is 5.42. The number of nitrogens with zero attached hydrogens (tertiary/aromatic N) is 2. The van der Waals surface area contributed by atoms with E-state index in [2.05, 4.69) is 33.4 Å². The highest BCUT2D eigenvalue weighted by Crippen LogP contribution is 2.35. The normalized spacial score (nSPS) is 14.5. The molecule has 4 heterocycles. The summed E-state index contributed by atoms with van der Waals surface area (Å²) in [6, 6.07) is 18.1. The highest BCUT2D eigenvalue weighted by atomic mass is 16.3. The van der Waals surface area contributed by atoms with Gasteiger partial charge >= 0.3 is 0 Å². The lowest BCUT2D eigenvalue weighted by Gasteiger charge is -2.19. The van der Waals surface area contributed by atoms with Crippen molar-refractivity contribution in [2.24, 2.45) is 5.73 Å². The third kappa shape index (κ3) is 4.50. The number of pyridine rings is 1. The van der Waals surface area contributed by atoms with Crippen molar-refractivity contribution in [3.05, 3.63) is 89.3 Å². The van der Waals surface area contributed by atoms with Crippen LogP contribution in [0.4, 0.5) is 11.5 Å². The zero-order chi connectivity index (χ0) is 23.5. The molecular weight excluding hydrogens is 428 g/mol. The molecule has 172 valence electrons. The van der Waals surface area contributed by atoms with Gasteiger partial charge in [-0.1, -0.05) is 12.1 Å². The highest BCUT2D eigenvalue weighted by molar-refractivity contribution is 5.96. The maximum atomic E-state index is 11.7. The number of furan rings is 1. The maximum Gasteiger partial charge on any atom is 0.249 e. The van der Waals surface area contributed by atoms with Gasteiger partial charge in [-0.3, -0.25) is 9.59 Å². The molecule has 34 heavy (non-hydrogen) atoms. The van der Waals surface area contributed by atoms with Crippen LogP contribution in [0.1, 0.15) is 39.9 Å². The van der Waals surface area contributed by atoms with Crippen LogP contribution in [0.25, 0.3) is 11.0 Å². The van der Waals surface area contributed by atoms with E-state index in [9.17, 15) is 9.59 Å². The first-order valence-electron chi connectivity index (χ1n) is 11.5. The molecule has 0 radical (unpaired) electrons. The first-order valence-corrected chi connectivity index (χ1v) is 11.5. The van der Waals surface area contributed by atoms with Crippen LogP contribution in [0.5, 0.6) is 0 Å². The number of nitrogens with one attached hydrogen (secondary N) is 1. The number of hydrogen-bond acceptors (Lipinski definition) is 5. The number of carbonyl (C=O) groups is 2. The molecule has 2 amide bonds. The Kier molecular flexibility index (Phi) is 5.99. The number of amides is 2. The van der Waals surface area contributed by atoms with E-state index in [1.807, 2.05) is 36.5 Å². The predicted octanol–water partition coefficient (Wildman–Crippen LogP) is 4.11. The van der Waals surface area contributed by atoms with Gasteiger partial charge in [0.2, 0.25) is 11.8 Å². The molecule has 0 spiro atoms. The molecule has 4 aromatic rings. The Hall–Kier alpha value is -4.13. The van der Waals surface area contributed by atoms with Gasteiger partial charge in [0.1, 0.15) is 11.4 Å². The highest BCUT2D eigenvalue weighted by Gasteiger charge is 2.25. The van der Waals surface area contributed by atoms with Crippen LogP contribution in [0.3, 0.4) is 0 Å². The van der Waals surface area contributed by atoms with Crippen LogP contribution in [-0.2, 0) is 17.6 Å². The predicted molar refractivity (Wildman–Crippen MR) is 131 cm³/mol. The largest absolute Gasteiger partial charge is 0.464 e. The van der Waals surface area contributed by atoms with E-state index < -0.39 is 0 Å². The summed E-state index contributed by atoms with van der Waals surface area (Å²) in [6.45, 7) is 1.68. The summed E-state index contributed by atoms with van der Waals surface area (Å²) in [4.78, 5) is 28.6.